The standard InChI is InChI=1S/C25H32/c1-10-18-12-13-21(19(11-2)14-18)20-15-22(24(4,5)6)17(3)23(16-20)25(7,8)9/h10-16H,1-2H2,3-9H3. The minimum absolute atomic E-state index is 0.107. The summed E-state index contributed by atoms with van der Waals surface area (Å²) in [5.41, 5.74) is 9.23. The second-order valence-corrected chi connectivity index (χ2v) is 8.95. The molecule has 2 aromatic rings. The van der Waals surface area contributed by atoms with Crippen LogP contribution >= 0.6 is 0 Å². The molecule has 0 aliphatic carbocycles. The number of hydrogen-bond acceptors (Lipinski definition) is 0. The molecule has 0 unspecified atom stereocenters. The summed E-state index contributed by atoms with van der Waals surface area (Å²) < 4.78 is 0. The van der Waals surface area contributed by atoms with Gasteiger partial charge < -0.3 is 0 Å². The molecule has 0 spiro atoms. The second kappa shape index (κ2) is 6.67. The van der Waals surface area contributed by atoms with Gasteiger partial charge in [-0.15, -0.1) is 0 Å². The molecule has 0 heteroatoms. The lowest BCUT2D eigenvalue weighted by atomic mass is 9.75. The van der Waals surface area contributed by atoms with Gasteiger partial charge in [-0.3, -0.25) is 0 Å². The number of rotatable bonds is 3. The lowest BCUT2D eigenvalue weighted by Gasteiger charge is -2.30. The fraction of sp³-hybridized carbons (Fsp3) is 0.360. The summed E-state index contributed by atoms with van der Waals surface area (Å²) in [7, 11) is 0. The largest absolute Gasteiger partial charge is 0.0985 e. The van der Waals surface area contributed by atoms with E-state index < -0.39 is 0 Å². The lowest BCUT2D eigenvalue weighted by molar-refractivity contribution is 0.561. The maximum atomic E-state index is 4.02. The Morgan fingerprint density at radius 2 is 1.28 bits per heavy atom. The average Bonchev–Trinajstić information content (AvgIpc) is 2.52. The highest BCUT2D eigenvalue weighted by molar-refractivity contribution is 5.78. The van der Waals surface area contributed by atoms with Crippen LogP contribution in [-0.2, 0) is 10.8 Å². The van der Waals surface area contributed by atoms with Crippen molar-refractivity contribution in [3.8, 4) is 11.1 Å². The first-order chi connectivity index (χ1) is 11.5. The molecule has 0 N–H and O–H groups in total. The van der Waals surface area contributed by atoms with E-state index in [2.05, 4.69) is 92.0 Å². The molecule has 0 aliphatic heterocycles. The highest BCUT2D eigenvalue weighted by Gasteiger charge is 2.25. The highest BCUT2D eigenvalue weighted by atomic mass is 14.3. The minimum atomic E-state index is 0.107. The Balaban J connectivity index is 2.83. The maximum Gasteiger partial charge on any atom is -0.0111 e. The van der Waals surface area contributed by atoms with E-state index in [0.29, 0.717) is 0 Å². The Morgan fingerprint density at radius 1 is 0.760 bits per heavy atom. The molecule has 25 heavy (non-hydrogen) atoms. The number of benzene rings is 2. The van der Waals surface area contributed by atoms with Gasteiger partial charge in [0, 0.05) is 0 Å². The normalized spacial score (nSPS) is 12.1. The first-order valence-electron chi connectivity index (χ1n) is 9.04. The van der Waals surface area contributed by atoms with Crippen LogP contribution in [0.15, 0.2) is 43.5 Å². The van der Waals surface area contributed by atoms with Crippen molar-refractivity contribution >= 4 is 12.2 Å². The van der Waals surface area contributed by atoms with Gasteiger partial charge in [0.1, 0.15) is 0 Å². The van der Waals surface area contributed by atoms with Gasteiger partial charge in [-0.1, -0.05) is 91.1 Å². The van der Waals surface area contributed by atoms with Gasteiger partial charge in [0.25, 0.3) is 0 Å². The van der Waals surface area contributed by atoms with Crippen molar-refractivity contribution in [2.75, 3.05) is 0 Å². The molecule has 0 radical (unpaired) electrons. The fourth-order valence-corrected chi connectivity index (χ4v) is 3.57. The first-order valence-corrected chi connectivity index (χ1v) is 9.04. The average molecular weight is 333 g/mol. The Kier molecular flexibility index (Phi) is 5.14. The molecule has 0 amide bonds. The zero-order chi connectivity index (χ0) is 19.0. The molecule has 0 fully saturated rings. The summed E-state index contributed by atoms with van der Waals surface area (Å²) in [4.78, 5) is 0. The van der Waals surface area contributed by atoms with Gasteiger partial charge in [-0.2, -0.15) is 0 Å². The number of hydrogen-bond donors (Lipinski definition) is 0. The van der Waals surface area contributed by atoms with Gasteiger partial charge in [-0.05, 0) is 62.8 Å². The molecule has 0 heterocycles. The Morgan fingerprint density at radius 3 is 1.68 bits per heavy atom. The van der Waals surface area contributed by atoms with E-state index in [1.165, 1.54) is 27.8 Å². The SMILES string of the molecule is C=Cc1ccc(-c2cc(C(C)(C)C)c(C)c(C(C)(C)C)c2)c(C=C)c1. The monoisotopic (exact) mass is 332 g/mol. The van der Waals surface area contributed by atoms with Crippen LogP contribution in [0.3, 0.4) is 0 Å². The highest BCUT2D eigenvalue weighted by Crippen LogP contribution is 2.38. The molecular formula is C25H32. The van der Waals surface area contributed by atoms with Crippen LogP contribution in [0.2, 0.25) is 0 Å². The van der Waals surface area contributed by atoms with Crippen molar-refractivity contribution < 1.29 is 0 Å². The van der Waals surface area contributed by atoms with Crippen LogP contribution in [0.1, 0.15) is 69.4 Å². The molecule has 0 aromatic heterocycles. The van der Waals surface area contributed by atoms with Crippen molar-refractivity contribution in [1.82, 2.24) is 0 Å². The van der Waals surface area contributed by atoms with Crippen molar-refractivity contribution in [2.45, 2.75) is 59.3 Å². The Labute approximate surface area is 154 Å². The van der Waals surface area contributed by atoms with Gasteiger partial charge in [0.2, 0.25) is 0 Å². The van der Waals surface area contributed by atoms with Crippen molar-refractivity contribution in [3.63, 3.8) is 0 Å². The zero-order valence-electron chi connectivity index (χ0n) is 17.0. The van der Waals surface area contributed by atoms with Crippen LogP contribution < -0.4 is 0 Å². The predicted octanol–water partition coefficient (Wildman–Crippen LogP) is 7.54. The summed E-state index contributed by atoms with van der Waals surface area (Å²) in [5.74, 6) is 0. The van der Waals surface area contributed by atoms with E-state index in [4.69, 9.17) is 0 Å². The zero-order valence-corrected chi connectivity index (χ0v) is 17.0. The van der Waals surface area contributed by atoms with E-state index in [1.54, 1.807) is 0 Å². The summed E-state index contributed by atoms with van der Waals surface area (Å²) in [6.45, 7) is 23.9. The summed E-state index contributed by atoms with van der Waals surface area (Å²) in [6.07, 6.45) is 3.82. The minimum Gasteiger partial charge on any atom is -0.0985 e. The summed E-state index contributed by atoms with van der Waals surface area (Å²) >= 11 is 0. The van der Waals surface area contributed by atoms with Crippen LogP contribution in [0.25, 0.3) is 23.3 Å². The molecule has 2 aromatic carbocycles. The maximum absolute atomic E-state index is 4.02. The van der Waals surface area contributed by atoms with Gasteiger partial charge in [0.05, 0.1) is 0 Å². The third-order valence-corrected chi connectivity index (χ3v) is 4.87. The van der Waals surface area contributed by atoms with Crippen molar-refractivity contribution in [1.29, 1.82) is 0 Å². The van der Waals surface area contributed by atoms with E-state index in [1.807, 2.05) is 12.2 Å². The van der Waals surface area contributed by atoms with Crippen molar-refractivity contribution in [3.05, 3.63) is 71.3 Å². The molecule has 0 saturated heterocycles. The van der Waals surface area contributed by atoms with E-state index in [9.17, 15) is 0 Å². The van der Waals surface area contributed by atoms with Crippen molar-refractivity contribution in [2.24, 2.45) is 0 Å². The second-order valence-electron chi connectivity index (χ2n) is 8.95. The smallest absolute Gasteiger partial charge is 0.0111 e. The molecule has 132 valence electrons. The summed E-state index contributed by atoms with van der Waals surface area (Å²) in [6, 6.07) is 11.2. The molecule has 0 atom stereocenters. The third-order valence-electron chi connectivity index (χ3n) is 4.87. The third kappa shape index (κ3) is 3.95. The molecule has 0 aliphatic rings. The van der Waals surface area contributed by atoms with Crippen LogP contribution in [-0.4, -0.2) is 0 Å². The van der Waals surface area contributed by atoms with Crippen LogP contribution in [0, 0.1) is 6.92 Å². The van der Waals surface area contributed by atoms with Gasteiger partial charge in [-0.25, -0.2) is 0 Å². The van der Waals surface area contributed by atoms with Gasteiger partial charge in [0.15, 0.2) is 0 Å². The fourth-order valence-electron chi connectivity index (χ4n) is 3.57. The molecule has 2 rings (SSSR count). The Hall–Kier alpha value is -2.08. The molecule has 0 nitrogen and oxygen atoms in total. The first kappa shape index (κ1) is 19.2. The van der Waals surface area contributed by atoms with E-state index in [-0.39, 0.29) is 10.8 Å². The molecule has 0 bridgehead atoms. The molecule has 0 saturated carbocycles. The van der Waals surface area contributed by atoms with E-state index >= 15 is 0 Å². The Bertz CT molecular complexity index is 770. The quantitative estimate of drug-likeness (QED) is 0.544. The predicted molar refractivity (Wildman–Crippen MR) is 114 cm³/mol. The lowest BCUT2D eigenvalue weighted by Crippen LogP contribution is -2.19. The van der Waals surface area contributed by atoms with Gasteiger partial charge >= 0.3 is 0 Å². The van der Waals surface area contributed by atoms with Crippen LogP contribution in [0.5, 0.6) is 0 Å². The molecular weight excluding hydrogens is 300 g/mol. The van der Waals surface area contributed by atoms with E-state index in [0.717, 1.165) is 11.1 Å². The topological polar surface area (TPSA) is 0 Å². The van der Waals surface area contributed by atoms with Crippen LogP contribution in [0.4, 0.5) is 0 Å². The summed E-state index contributed by atoms with van der Waals surface area (Å²) in [5, 5.41) is 0.